The number of piperidine rings is 2. The van der Waals surface area contributed by atoms with Crippen LogP contribution in [-0.4, -0.2) is 80.0 Å². The first-order valence-electron chi connectivity index (χ1n) is 21.0. The Morgan fingerprint density at radius 3 is 1.29 bits per heavy atom. The van der Waals surface area contributed by atoms with Gasteiger partial charge in [-0.25, -0.2) is 19.6 Å². The average Bonchev–Trinajstić information content (AvgIpc) is 3.90. The Bertz CT molecular complexity index is 2430. The number of benzene rings is 4. The zero-order valence-electron chi connectivity index (χ0n) is 34.2. The molecule has 6 aromatic rings. The molecule has 8 atom stereocenters. The molecule has 62 heavy (non-hydrogen) atoms. The van der Waals surface area contributed by atoms with E-state index in [1.807, 2.05) is 82.9 Å². The third-order valence-electron chi connectivity index (χ3n) is 12.9. The minimum atomic E-state index is -0.873. The summed E-state index contributed by atoms with van der Waals surface area (Å²) < 4.78 is 9.74. The second-order valence-corrected chi connectivity index (χ2v) is 16.6. The molecule has 4 amide bonds. The standard InChI is InChI=1S/C48H46N8O6/c1-61-47(59)53-41(31-9-5-3-6-10-31)45(57)55-37-21-33(37)23-39(55)43-49-25-35(51-43)29-17-13-27(14-18-29)28-15-19-30(20-16-28)36-26-50-44(52-36)40-24-34-22-38(34)56(40)46(58)42(54-48(60)62-2)32-11-7-4-8-12-32/h3-20,25-26,33-34,37-42H,21-24H2,1-2H3,(H,49,51)(H,50,52)(H,53,59)(H,54,60)/t33-,34-,37-,38-,39+,40+,41-,42-/m1/s1. The molecule has 0 radical (unpaired) electrons. The molecule has 4 fully saturated rings. The van der Waals surface area contributed by atoms with Crippen LogP contribution in [0.4, 0.5) is 9.59 Å². The molecule has 2 aliphatic carbocycles. The first-order chi connectivity index (χ1) is 30.3. The fourth-order valence-electron chi connectivity index (χ4n) is 9.54. The number of rotatable bonds is 11. The highest BCUT2D eigenvalue weighted by Gasteiger charge is 2.57. The van der Waals surface area contributed by atoms with Gasteiger partial charge in [0, 0.05) is 12.1 Å². The molecular weight excluding hydrogens is 785 g/mol. The third-order valence-corrected chi connectivity index (χ3v) is 12.9. The quantitative estimate of drug-likeness (QED) is 0.103. The number of aromatic amines is 2. The fraction of sp³-hybridized carbons (Fsp3) is 0.292. The number of aromatic nitrogens is 4. The maximum atomic E-state index is 14.1. The number of hydrogen-bond acceptors (Lipinski definition) is 8. The van der Waals surface area contributed by atoms with Crippen molar-refractivity contribution in [3.8, 4) is 33.6 Å². The number of H-pyrrole nitrogens is 2. The summed E-state index contributed by atoms with van der Waals surface area (Å²) in [4.78, 5) is 73.3. The summed E-state index contributed by atoms with van der Waals surface area (Å²) in [5.74, 6) is 1.91. The van der Waals surface area contributed by atoms with Crippen molar-refractivity contribution in [3.05, 3.63) is 144 Å². The van der Waals surface area contributed by atoms with Crippen LogP contribution < -0.4 is 10.6 Å². The topological polar surface area (TPSA) is 175 Å². The summed E-state index contributed by atoms with van der Waals surface area (Å²) in [5.41, 5.74) is 7.14. The first-order valence-corrected chi connectivity index (χ1v) is 21.0. The van der Waals surface area contributed by atoms with Gasteiger partial charge >= 0.3 is 12.2 Å². The summed E-state index contributed by atoms with van der Waals surface area (Å²) in [5, 5.41) is 5.50. The second kappa shape index (κ2) is 16.0. The molecule has 10 rings (SSSR count). The molecule has 2 aromatic heterocycles. The zero-order valence-corrected chi connectivity index (χ0v) is 34.2. The van der Waals surface area contributed by atoms with E-state index in [1.165, 1.54) is 14.2 Å². The van der Waals surface area contributed by atoms with Crippen LogP contribution in [0.25, 0.3) is 33.6 Å². The molecule has 2 saturated carbocycles. The lowest BCUT2D eigenvalue weighted by Gasteiger charge is -2.30. The summed E-state index contributed by atoms with van der Waals surface area (Å²) in [6.45, 7) is 0. The van der Waals surface area contributed by atoms with Crippen LogP contribution in [0.15, 0.2) is 122 Å². The molecule has 0 unspecified atom stereocenters. The molecule has 0 bridgehead atoms. The van der Waals surface area contributed by atoms with Gasteiger partial charge in [0.05, 0.1) is 50.1 Å². The van der Waals surface area contributed by atoms with Crippen LogP contribution in [0.1, 0.15) is 72.6 Å². The van der Waals surface area contributed by atoms with Gasteiger partial charge in [-0.15, -0.1) is 0 Å². The number of nitrogens with one attached hydrogen (secondary N) is 4. The first kappa shape index (κ1) is 38.9. The van der Waals surface area contributed by atoms with E-state index in [9.17, 15) is 19.2 Å². The van der Waals surface area contributed by atoms with Crippen LogP contribution in [0, 0.1) is 11.8 Å². The Kier molecular flexibility index (Phi) is 10.0. The molecule has 4 N–H and O–H groups in total. The van der Waals surface area contributed by atoms with E-state index < -0.39 is 24.3 Å². The van der Waals surface area contributed by atoms with Crippen molar-refractivity contribution in [2.75, 3.05) is 14.2 Å². The number of nitrogens with zero attached hydrogens (tertiary/aromatic N) is 4. The van der Waals surface area contributed by atoms with Crippen molar-refractivity contribution in [3.63, 3.8) is 0 Å². The Morgan fingerprint density at radius 2 is 0.919 bits per heavy atom. The lowest BCUT2D eigenvalue weighted by Crippen LogP contribution is -2.44. The highest BCUT2D eigenvalue weighted by Crippen LogP contribution is 2.55. The predicted molar refractivity (Wildman–Crippen MR) is 229 cm³/mol. The average molecular weight is 831 g/mol. The van der Waals surface area contributed by atoms with E-state index in [0.717, 1.165) is 71.0 Å². The maximum Gasteiger partial charge on any atom is 0.407 e. The Hall–Kier alpha value is -7.22. The van der Waals surface area contributed by atoms with Gasteiger partial charge in [-0.3, -0.25) is 9.59 Å². The zero-order chi connectivity index (χ0) is 42.5. The number of ether oxygens (including phenoxy) is 2. The predicted octanol–water partition coefficient (Wildman–Crippen LogP) is 7.65. The van der Waals surface area contributed by atoms with Gasteiger partial charge < -0.3 is 39.9 Å². The Morgan fingerprint density at radius 1 is 0.548 bits per heavy atom. The molecule has 4 aromatic carbocycles. The molecule has 2 aliphatic heterocycles. The monoisotopic (exact) mass is 830 g/mol. The van der Waals surface area contributed by atoms with Gasteiger partial charge in [-0.1, -0.05) is 109 Å². The number of amides is 4. The van der Waals surface area contributed by atoms with Crippen LogP contribution in [0.2, 0.25) is 0 Å². The van der Waals surface area contributed by atoms with Crippen LogP contribution in [0.3, 0.4) is 0 Å². The smallest absolute Gasteiger partial charge is 0.407 e. The van der Waals surface area contributed by atoms with Crippen molar-refractivity contribution in [2.24, 2.45) is 11.8 Å². The van der Waals surface area contributed by atoms with Crippen molar-refractivity contribution < 1.29 is 28.7 Å². The number of fused-ring (bicyclic) bond motifs is 2. The number of likely N-dealkylation sites (tertiary alicyclic amines) is 2. The second-order valence-electron chi connectivity index (χ2n) is 16.6. The minimum absolute atomic E-state index is 0.114. The lowest BCUT2D eigenvalue weighted by molar-refractivity contribution is -0.136. The minimum Gasteiger partial charge on any atom is -0.453 e. The summed E-state index contributed by atoms with van der Waals surface area (Å²) in [7, 11) is 2.58. The highest BCUT2D eigenvalue weighted by atomic mass is 16.5. The van der Waals surface area contributed by atoms with Crippen molar-refractivity contribution in [2.45, 2.75) is 61.9 Å². The van der Waals surface area contributed by atoms with Gasteiger partial charge in [0.2, 0.25) is 0 Å². The van der Waals surface area contributed by atoms with Crippen molar-refractivity contribution in [1.82, 2.24) is 40.4 Å². The van der Waals surface area contributed by atoms with E-state index in [2.05, 4.69) is 69.1 Å². The van der Waals surface area contributed by atoms with Crippen molar-refractivity contribution >= 4 is 24.0 Å². The Labute approximate surface area is 358 Å². The molecule has 4 aliphatic rings. The van der Waals surface area contributed by atoms with Crippen molar-refractivity contribution in [1.29, 1.82) is 0 Å². The number of methoxy groups -OCH3 is 2. The largest absolute Gasteiger partial charge is 0.453 e. The van der Waals surface area contributed by atoms with Gasteiger partial charge in [0.15, 0.2) is 0 Å². The summed E-state index contributed by atoms with van der Waals surface area (Å²) in [6, 6.07) is 33.1. The molecule has 2 saturated heterocycles. The number of carbonyl (C=O) groups excluding carboxylic acids is 4. The van der Waals surface area contributed by atoms with Gasteiger partial charge in [0.25, 0.3) is 11.8 Å². The van der Waals surface area contributed by atoms with Crippen LogP contribution in [-0.2, 0) is 19.1 Å². The SMILES string of the molecule is COC(=O)N[C@@H](C(=O)N1[C@@H]2C[C@@H]2C[C@H]1c1ncc(-c2ccc(-c3ccc(-c4cnc([C@@H]5C[C@H]6C[C@H]6N5C(=O)[C@H](NC(=O)OC)c5ccccc5)[nH]4)cc3)cc2)[nH]1)c1ccccc1. The molecule has 4 heterocycles. The number of carbonyl (C=O) groups is 4. The number of alkyl carbamates (subject to hydrolysis) is 2. The third kappa shape index (κ3) is 7.35. The Balaban J connectivity index is 0.817. The number of hydrogen-bond donors (Lipinski definition) is 4. The molecule has 0 spiro atoms. The highest BCUT2D eigenvalue weighted by molar-refractivity contribution is 5.89. The molecule has 14 nitrogen and oxygen atoms in total. The molecular formula is C48H46N8O6. The molecule has 14 heteroatoms. The summed E-state index contributed by atoms with van der Waals surface area (Å²) >= 11 is 0. The van der Waals surface area contributed by atoms with E-state index in [0.29, 0.717) is 23.0 Å². The van der Waals surface area contributed by atoms with Crippen LogP contribution >= 0.6 is 0 Å². The maximum absolute atomic E-state index is 14.1. The lowest BCUT2D eigenvalue weighted by atomic mass is 10.0. The molecule has 314 valence electrons. The van der Waals surface area contributed by atoms with E-state index in [1.54, 1.807) is 0 Å². The fourth-order valence-corrected chi connectivity index (χ4v) is 9.54. The van der Waals surface area contributed by atoms with E-state index >= 15 is 0 Å². The number of imidazole rings is 2. The summed E-state index contributed by atoms with van der Waals surface area (Å²) in [6.07, 6.45) is 5.81. The van der Waals surface area contributed by atoms with Gasteiger partial charge in [0.1, 0.15) is 23.7 Å². The van der Waals surface area contributed by atoms with E-state index in [-0.39, 0.29) is 36.0 Å². The van der Waals surface area contributed by atoms with Gasteiger partial charge in [-0.05, 0) is 70.9 Å². The van der Waals surface area contributed by atoms with Gasteiger partial charge in [-0.2, -0.15) is 0 Å². The van der Waals surface area contributed by atoms with Crippen LogP contribution in [0.5, 0.6) is 0 Å². The normalized spacial score (nSPS) is 22.8. The van der Waals surface area contributed by atoms with E-state index in [4.69, 9.17) is 19.4 Å².